The van der Waals surface area contributed by atoms with Gasteiger partial charge in [-0.2, -0.15) is 0 Å². The van der Waals surface area contributed by atoms with Crippen LogP contribution in [0, 0.1) is 10.8 Å². The Balaban J connectivity index is 0.829. The van der Waals surface area contributed by atoms with Crippen molar-refractivity contribution in [3.63, 3.8) is 0 Å². The minimum Gasteiger partial charge on any atom is -0.381 e. The number of benzene rings is 6. The smallest absolute Gasteiger partial charge is 0.0716 e. The van der Waals surface area contributed by atoms with E-state index in [1.807, 2.05) is 0 Å². The van der Waals surface area contributed by atoms with Gasteiger partial charge in [-0.25, -0.2) is 0 Å². The van der Waals surface area contributed by atoms with Crippen LogP contribution in [0.3, 0.4) is 0 Å². The quantitative estimate of drug-likeness (QED) is 0.0431. The predicted molar refractivity (Wildman–Crippen MR) is 277 cm³/mol. The molecule has 0 aromatic heterocycles. The lowest BCUT2D eigenvalue weighted by Crippen LogP contribution is -2.45. The maximum atomic E-state index is 6.08. The topological polar surface area (TPSA) is 61.9 Å². The van der Waals surface area contributed by atoms with Crippen LogP contribution in [-0.4, -0.2) is 66.1 Å². The molecule has 8 nitrogen and oxygen atoms in total. The zero-order chi connectivity index (χ0) is 46.7. The highest BCUT2D eigenvalue weighted by atomic mass is 16.5. The van der Waals surface area contributed by atoms with Crippen LogP contribution in [0.15, 0.2) is 158 Å². The first kappa shape index (κ1) is 49.1. The van der Waals surface area contributed by atoms with E-state index in [-0.39, 0.29) is 10.8 Å². The first-order valence-electron chi connectivity index (χ1n) is 25.1. The molecule has 0 amide bonds. The van der Waals surface area contributed by atoms with Gasteiger partial charge in [-0.1, -0.05) is 98.8 Å². The molecule has 0 unspecified atom stereocenters. The van der Waals surface area contributed by atoms with E-state index in [4.69, 9.17) is 28.4 Å². The molecule has 6 aromatic carbocycles. The van der Waals surface area contributed by atoms with Crippen LogP contribution in [0.4, 0.5) is 34.1 Å². The van der Waals surface area contributed by atoms with Crippen molar-refractivity contribution in [1.82, 2.24) is 0 Å². The van der Waals surface area contributed by atoms with Crippen molar-refractivity contribution in [1.29, 1.82) is 0 Å². The molecule has 8 heteroatoms. The van der Waals surface area contributed by atoms with Crippen LogP contribution < -0.4 is 9.80 Å². The third-order valence-corrected chi connectivity index (χ3v) is 13.6. The number of ether oxygens (including phenoxy) is 6. The summed E-state index contributed by atoms with van der Waals surface area (Å²) in [5.41, 5.74) is 11.8. The normalized spacial score (nSPS) is 14.8. The van der Waals surface area contributed by atoms with Gasteiger partial charge in [-0.3, -0.25) is 0 Å². The fourth-order valence-electron chi connectivity index (χ4n) is 8.82. The first-order chi connectivity index (χ1) is 33.6. The number of rotatable bonds is 29. The Hall–Kier alpha value is -5.32. The lowest BCUT2D eigenvalue weighted by atomic mass is 9.84. The number of unbranched alkanes of at least 4 members (excludes halogenated alkanes) is 4. The van der Waals surface area contributed by atoms with Crippen LogP contribution in [0.1, 0.15) is 76.3 Å². The molecule has 2 aliphatic heterocycles. The van der Waals surface area contributed by atoms with Crippen molar-refractivity contribution in [3.8, 4) is 11.1 Å². The summed E-state index contributed by atoms with van der Waals surface area (Å²) in [7, 11) is 0. The summed E-state index contributed by atoms with van der Waals surface area (Å²) in [6.07, 6.45) is 8.68. The van der Waals surface area contributed by atoms with Crippen LogP contribution >= 0.6 is 0 Å². The standard InChI is InChI=1S/C60H72N2O6/c1-3-59(45-67-46-59)43-65-39-15-7-13-37-63-41-49-21-29-55(30-22-49)61(53-17-9-5-10-18-53)57-33-25-51(26-34-57)52-27-35-58(36-28-52)62(54-19-11-6-12-20-54)56-31-23-50(24-32-56)42-64-38-14-8-16-40-66-44-60(4-2)47-68-48-60/h5-6,9-12,17-36H,3-4,7-8,13-16,37-48H2,1-2H3. The van der Waals surface area contributed by atoms with Crippen molar-refractivity contribution >= 4 is 34.1 Å². The van der Waals surface area contributed by atoms with Crippen molar-refractivity contribution in [3.05, 3.63) is 169 Å². The number of nitrogens with zero attached hydrogens (tertiary/aromatic N) is 2. The highest BCUT2D eigenvalue weighted by Gasteiger charge is 2.37. The van der Waals surface area contributed by atoms with E-state index in [0.717, 1.165) is 163 Å². The first-order valence-corrected chi connectivity index (χ1v) is 25.1. The summed E-state index contributed by atoms with van der Waals surface area (Å²) in [6, 6.07) is 56.4. The molecule has 0 N–H and O–H groups in total. The summed E-state index contributed by atoms with van der Waals surface area (Å²) in [5, 5.41) is 0. The van der Waals surface area contributed by atoms with Gasteiger partial charge in [0.25, 0.3) is 0 Å². The maximum absolute atomic E-state index is 6.08. The van der Waals surface area contributed by atoms with Crippen LogP contribution in [0.25, 0.3) is 11.1 Å². The van der Waals surface area contributed by atoms with Crippen molar-refractivity contribution in [2.75, 3.05) is 75.9 Å². The van der Waals surface area contributed by atoms with E-state index in [9.17, 15) is 0 Å². The molecule has 0 atom stereocenters. The largest absolute Gasteiger partial charge is 0.381 e. The Bertz CT molecular complexity index is 2150. The van der Waals surface area contributed by atoms with Crippen molar-refractivity contribution in [2.45, 2.75) is 78.4 Å². The second-order valence-electron chi connectivity index (χ2n) is 18.8. The van der Waals surface area contributed by atoms with Crippen molar-refractivity contribution < 1.29 is 28.4 Å². The predicted octanol–water partition coefficient (Wildman–Crippen LogP) is 14.6. The summed E-state index contributed by atoms with van der Waals surface area (Å²) < 4.78 is 34.9. The second kappa shape index (κ2) is 25.3. The molecule has 0 aliphatic carbocycles. The number of anilines is 6. The maximum Gasteiger partial charge on any atom is 0.0716 e. The Kier molecular flexibility index (Phi) is 18.3. The Morgan fingerprint density at radius 2 is 0.676 bits per heavy atom. The molecule has 358 valence electrons. The summed E-state index contributed by atoms with van der Waals surface area (Å²) in [5.74, 6) is 0. The minimum atomic E-state index is 0.261. The number of hydrogen-bond acceptors (Lipinski definition) is 8. The number of para-hydroxylation sites is 2. The van der Waals surface area contributed by atoms with Gasteiger partial charge in [0.05, 0.1) is 52.9 Å². The van der Waals surface area contributed by atoms with Gasteiger partial charge in [-0.05, 0) is 146 Å². The highest BCUT2D eigenvalue weighted by Crippen LogP contribution is 2.39. The van der Waals surface area contributed by atoms with Crippen LogP contribution in [0.5, 0.6) is 0 Å². The monoisotopic (exact) mass is 917 g/mol. The van der Waals surface area contributed by atoms with E-state index in [1.165, 1.54) is 11.1 Å². The average Bonchev–Trinajstić information content (AvgIpc) is 3.36. The third-order valence-electron chi connectivity index (χ3n) is 13.6. The molecule has 0 bridgehead atoms. The molecule has 2 heterocycles. The molecule has 0 saturated carbocycles. The fourth-order valence-corrected chi connectivity index (χ4v) is 8.82. The van der Waals surface area contributed by atoms with Crippen molar-refractivity contribution in [2.24, 2.45) is 10.8 Å². The van der Waals surface area contributed by atoms with Crippen LogP contribution in [-0.2, 0) is 41.6 Å². The van der Waals surface area contributed by atoms with Gasteiger partial charge in [0.2, 0.25) is 0 Å². The summed E-state index contributed by atoms with van der Waals surface area (Å²) in [4.78, 5) is 4.62. The van der Waals surface area contributed by atoms with Gasteiger partial charge in [0.1, 0.15) is 0 Å². The lowest BCUT2D eigenvalue weighted by Gasteiger charge is -2.40. The molecule has 6 aromatic rings. The lowest BCUT2D eigenvalue weighted by molar-refractivity contribution is -0.150. The minimum absolute atomic E-state index is 0.261. The van der Waals surface area contributed by atoms with Gasteiger partial charge in [0, 0.05) is 71.4 Å². The molecule has 0 radical (unpaired) electrons. The van der Waals surface area contributed by atoms with E-state index in [1.54, 1.807) is 0 Å². The molecule has 2 aliphatic rings. The van der Waals surface area contributed by atoms with Crippen LogP contribution in [0.2, 0.25) is 0 Å². The van der Waals surface area contributed by atoms with E-state index >= 15 is 0 Å². The molecule has 2 fully saturated rings. The van der Waals surface area contributed by atoms with Gasteiger partial charge >= 0.3 is 0 Å². The fraction of sp³-hybridized carbons (Fsp3) is 0.400. The number of hydrogen-bond donors (Lipinski definition) is 0. The second-order valence-corrected chi connectivity index (χ2v) is 18.8. The SMILES string of the molecule is CCC1(COCCCCCOCc2ccc(N(c3ccccc3)c3ccc(-c4ccc(N(c5ccccc5)c5ccc(COCCCCCOCC6(CC)COC6)cc5)cc4)cc3)cc2)COC1. The van der Waals surface area contributed by atoms with Gasteiger partial charge in [0.15, 0.2) is 0 Å². The van der Waals surface area contributed by atoms with Gasteiger partial charge < -0.3 is 38.2 Å². The zero-order valence-corrected chi connectivity index (χ0v) is 40.5. The van der Waals surface area contributed by atoms with E-state index in [0.29, 0.717) is 13.2 Å². The highest BCUT2D eigenvalue weighted by molar-refractivity contribution is 5.80. The summed E-state index contributed by atoms with van der Waals surface area (Å²) >= 11 is 0. The molecule has 68 heavy (non-hydrogen) atoms. The third kappa shape index (κ3) is 13.5. The van der Waals surface area contributed by atoms with Gasteiger partial charge in [-0.15, -0.1) is 0 Å². The molecular formula is C60H72N2O6. The Morgan fingerprint density at radius 1 is 0.368 bits per heavy atom. The Morgan fingerprint density at radius 3 is 0.985 bits per heavy atom. The zero-order valence-electron chi connectivity index (χ0n) is 40.5. The molecule has 0 spiro atoms. The Labute approximate surface area is 406 Å². The van der Waals surface area contributed by atoms with E-state index < -0.39 is 0 Å². The summed E-state index contributed by atoms with van der Waals surface area (Å²) in [6.45, 7) is 13.8. The average molecular weight is 917 g/mol. The van der Waals surface area contributed by atoms with E-state index in [2.05, 4.69) is 181 Å². The molecule has 2 saturated heterocycles. The molecule has 8 rings (SSSR count). The molecular weight excluding hydrogens is 845 g/mol.